The summed E-state index contributed by atoms with van der Waals surface area (Å²) in [7, 11) is 0. The van der Waals surface area contributed by atoms with Gasteiger partial charge in [0.1, 0.15) is 0 Å². The van der Waals surface area contributed by atoms with Gasteiger partial charge in [0.25, 0.3) is 5.91 Å². The van der Waals surface area contributed by atoms with Gasteiger partial charge in [-0.1, -0.05) is 13.8 Å². The highest BCUT2D eigenvalue weighted by Crippen LogP contribution is 2.40. The lowest BCUT2D eigenvalue weighted by molar-refractivity contribution is 0.100. The van der Waals surface area contributed by atoms with Crippen molar-refractivity contribution in [3.63, 3.8) is 0 Å². The second-order valence-corrected chi connectivity index (χ2v) is 10.6. The molecule has 2 aromatic rings. The van der Waals surface area contributed by atoms with E-state index in [1.165, 1.54) is 36.2 Å². The van der Waals surface area contributed by atoms with Gasteiger partial charge >= 0.3 is 0 Å². The molecule has 1 heterocycles. The summed E-state index contributed by atoms with van der Waals surface area (Å²) in [5.74, 6) is 0.334. The molecule has 3 aliphatic rings. The van der Waals surface area contributed by atoms with Gasteiger partial charge in [0.2, 0.25) is 0 Å². The monoisotopic (exact) mass is 422 g/mol. The van der Waals surface area contributed by atoms with E-state index in [0.29, 0.717) is 11.3 Å². The van der Waals surface area contributed by atoms with Crippen molar-refractivity contribution < 1.29 is 9.90 Å². The van der Waals surface area contributed by atoms with Crippen molar-refractivity contribution in [1.82, 2.24) is 9.78 Å². The number of nitrogens with two attached hydrogens (primary N) is 1. The molecule has 3 aliphatic carbocycles. The number of hydrogen-bond acceptors (Lipinski definition) is 4. The van der Waals surface area contributed by atoms with E-state index in [1.54, 1.807) is 6.07 Å². The topological polar surface area (TPSA) is 93.2 Å². The lowest BCUT2D eigenvalue weighted by Crippen LogP contribution is -2.29. The molecule has 31 heavy (non-hydrogen) atoms. The third kappa shape index (κ3) is 4.10. The second kappa shape index (κ2) is 7.66. The third-order valence-corrected chi connectivity index (χ3v) is 7.38. The Morgan fingerprint density at radius 2 is 2.10 bits per heavy atom. The van der Waals surface area contributed by atoms with Crippen LogP contribution in [-0.4, -0.2) is 32.9 Å². The van der Waals surface area contributed by atoms with Gasteiger partial charge in [-0.15, -0.1) is 0 Å². The van der Waals surface area contributed by atoms with E-state index in [0.717, 1.165) is 50.1 Å². The van der Waals surface area contributed by atoms with Gasteiger partial charge in [-0.3, -0.25) is 4.79 Å². The van der Waals surface area contributed by atoms with Crippen molar-refractivity contribution in [2.45, 2.75) is 83.8 Å². The number of aliphatic hydroxyl groups excluding tert-OH is 1. The number of carbonyl (C=O) groups excluding carboxylic acids is 1. The van der Waals surface area contributed by atoms with Crippen LogP contribution in [0.25, 0.3) is 5.69 Å². The van der Waals surface area contributed by atoms with Gasteiger partial charge in [0.05, 0.1) is 29.1 Å². The molecule has 166 valence electrons. The Morgan fingerprint density at radius 3 is 2.77 bits per heavy atom. The van der Waals surface area contributed by atoms with E-state index in [9.17, 15) is 9.90 Å². The Bertz CT molecular complexity index is 1010. The van der Waals surface area contributed by atoms with Gasteiger partial charge in [-0.25, -0.2) is 4.68 Å². The molecule has 5 rings (SSSR count). The van der Waals surface area contributed by atoms with Crippen LogP contribution >= 0.6 is 0 Å². The first-order valence-corrected chi connectivity index (χ1v) is 11.8. The molecule has 1 aromatic heterocycles. The predicted molar refractivity (Wildman–Crippen MR) is 122 cm³/mol. The first kappa shape index (κ1) is 20.6. The number of nitrogens with one attached hydrogen (secondary N) is 1. The van der Waals surface area contributed by atoms with E-state index in [1.807, 2.05) is 12.1 Å². The minimum absolute atomic E-state index is 0.0516. The van der Waals surface area contributed by atoms with Crippen LogP contribution in [0.4, 0.5) is 5.69 Å². The fourth-order valence-electron chi connectivity index (χ4n) is 5.29. The van der Waals surface area contributed by atoms with Gasteiger partial charge < -0.3 is 16.2 Å². The lowest BCUT2D eigenvalue weighted by atomic mass is 9.76. The Labute approximate surface area is 184 Å². The number of primary amides is 1. The van der Waals surface area contributed by atoms with Crippen molar-refractivity contribution in [2.24, 2.45) is 17.1 Å². The number of aliphatic hydroxyl groups is 1. The molecular formula is C25H34N4O2. The summed E-state index contributed by atoms with van der Waals surface area (Å²) in [6, 6.07) is 5.68. The van der Waals surface area contributed by atoms with Crippen LogP contribution in [0.15, 0.2) is 18.2 Å². The molecule has 0 spiro atoms. The Morgan fingerprint density at radius 1 is 1.29 bits per heavy atom. The van der Waals surface area contributed by atoms with Crippen LogP contribution in [0.5, 0.6) is 0 Å². The maximum absolute atomic E-state index is 12.1. The van der Waals surface area contributed by atoms with Crippen LogP contribution in [0.2, 0.25) is 0 Å². The quantitative estimate of drug-likeness (QED) is 0.661. The molecule has 0 bridgehead atoms. The van der Waals surface area contributed by atoms with Crippen molar-refractivity contribution in [3.05, 3.63) is 40.7 Å². The molecule has 6 heteroatoms. The van der Waals surface area contributed by atoms with Crippen LogP contribution < -0.4 is 11.1 Å². The Hall–Kier alpha value is -2.34. The number of fused-ring (bicyclic) bond motifs is 1. The molecule has 1 amide bonds. The lowest BCUT2D eigenvalue weighted by Gasteiger charge is -2.30. The van der Waals surface area contributed by atoms with Crippen LogP contribution in [-0.2, 0) is 19.3 Å². The highest BCUT2D eigenvalue weighted by atomic mass is 16.3. The first-order chi connectivity index (χ1) is 14.8. The number of aromatic nitrogens is 2. The van der Waals surface area contributed by atoms with Crippen LogP contribution in [0.1, 0.15) is 79.7 Å². The molecule has 2 atom stereocenters. The van der Waals surface area contributed by atoms with Gasteiger partial charge in [0.15, 0.2) is 0 Å². The Kier molecular flexibility index (Phi) is 5.08. The molecule has 0 aliphatic heterocycles. The molecular weight excluding hydrogens is 388 g/mol. The zero-order chi connectivity index (χ0) is 21.8. The SMILES string of the molecule is CC1(C)CCc2c(CC3CC3)nn(-c3ccc(C(N)=O)c(N[C@H]4CCC[C@@H]4O)c3)c2C1. The average Bonchev–Trinajstić information content (AvgIpc) is 3.35. The number of carbonyl (C=O) groups is 1. The zero-order valence-corrected chi connectivity index (χ0v) is 18.7. The smallest absolute Gasteiger partial charge is 0.250 e. The number of amides is 1. The molecule has 0 unspecified atom stereocenters. The third-order valence-electron chi connectivity index (χ3n) is 7.38. The Balaban J connectivity index is 1.55. The van der Waals surface area contributed by atoms with E-state index < -0.39 is 12.0 Å². The molecule has 0 radical (unpaired) electrons. The number of anilines is 1. The first-order valence-electron chi connectivity index (χ1n) is 11.8. The summed E-state index contributed by atoms with van der Waals surface area (Å²) < 4.78 is 2.11. The minimum Gasteiger partial charge on any atom is -0.391 e. The van der Waals surface area contributed by atoms with Crippen LogP contribution in [0.3, 0.4) is 0 Å². The summed E-state index contributed by atoms with van der Waals surface area (Å²) >= 11 is 0. The minimum atomic E-state index is -0.459. The van der Waals surface area contributed by atoms with Gasteiger partial charge in [-0.2, -0.15) is 5.10 Å². The van der Waals surface area contributed by atoms with Gasteiger partial charge in [-0.05, 0) is 92.9 Å². The second-order valence-electron chi connectivity index (χ2n) is 10.6. The van der Waals surface area contributed by atoms with Crippen molar-refractivity contribution >= 4 is 11.6 Å². The van der Waals surface area contributed by atoms with E-state index in [4.69, 9.17) is 10.8 Å². The molecule has 2 fully saturated rings. The molecule has 0 saturated heterocycles. The summed E-state index contributed by atoms with van der Waals surface area (Å²) in [5.41, 5.74) is 12.0. The largest absolute Gasteiger partial charge is 0.391 e. The predicted octanol–water partition coefficient (Wildman–Crippen LogP) is 3.76. The number of nitrogens with zero attached hydrogens (tertiary/aromatic N) is 2. The van der Waals surface area contributed by atoms with E-state index in [2.05, 4.69) is 23.8 Å². The summed E-state index contributed by atoms with van der Waals surface area (Å²) in [6.07, 6.45) is 9.26. The average molecular weight is 423 g/mol. The fourth-order valence-corrected chi connectivity index (χ4v) is 5.29. The molecule has 4 N–H and O–H groups in total. The summed E-state index contributed by atoms with van der Waals surface area (Å²) in [6.45, 7) is 4.66. The van der Waals surface area contributed by atoms with Crippen LogP contribution in [0, 0.1) is 11.3 Å². The van der Waals surface area contributed by atoms with Crippen molar-refractivity contribution in [1.29, 1.82) is 0 Å². The molecule has 6 nitrogen and oxygen atoms in total. The van der Waals surface area contributed by atoms with Gasteiger partial charge in [0, 0.05) is 11.4 Å². The zero-order valence-electron chi connectivity index (χ0n) is 18.7. The number of hydrogen-bond donors (Lipinski definition) is 3. The van der Waals surface area contributed by atoms with Crippen molar-refractivity contribution in [2.75, 3.05) is 5.32 Å². The van der Waals surface area contributed by atoms with Crippen molar-refractivity contribution in [3.8, 4) is 5.69 Å². The number of rotatable bonds is 6. The maximum atomic E-state index is 12.1. The fraction of sp³-hybridized carbons (Fsp3) is 0.600. The standard InChI is InChI=1S/C25H34N4O2/c1-25(2)11-10-17-21(12-15-6-7-15)28-29(22(17)14-25)16-8-9-18(24(26)31)20(13-16)27-19-4-3-5-23(19)30/h8-9,13,15,19,23,27,30H,3-7,10-12,14H2,1-2H3,(H2,26,31)/t19-,23-/m0/s1. The molecule has 1 aromatic carbocycles. The highest BCUT2D eigenvalue weighted by Gasteiger charge is 2.33. The normalized spacial score (nSPS) is 24.7. The molecule has 2 saturated carbocycles. The van der Waals surface area contributed by atoms with E-state index >= 15 is 0 Å². The summed E-state index contributed by atoms with van der Waals surface area (Å²) in [5, 5.41) is 18.8. The maximum Gasteiger partial charge on any atom is 0.250 e. The summed E-state index contributed by atoms with van der Waals surface area (Å²) in [4.78, 5) is 12.1. The number of benzene rings is 1. The highest BCUT2D eigenvalue weighted by molar-refractivity contribution is 5.99. The van der Waals surface area contributed by atoms with E-state index in [-0.39, 0.29) is 11.5 Å².